The summed E-state index contributed by atoms with van der Waals surface area (Å²) in [5.41, 5.74) is 4.45. The van der Waals surface area contributed by atoms with Crippen molar-refractivity contribution in [1.29, 1.82) is 0 Å². The summed E-state index contributed by atoms with van der Waals surface area (Å²) in [6, 6.07) is 9.05. The zero-order valence-electron chi connectivity index (χ0n) is 15.7. The molecule has 0 bridgehead atoms. The van der Waals surface area contributed by atoms with E-state index in [1.165, 1.54) is 24.3 Å². The van der Waals surface area contributed by atoms with Crippen LogP contribution < -0.4 is 20.9 Å². The summed E-state index contributed by atoms with van der Waals surface area (Å²) in [5, 5.41) is 15.6. The van der Waals surface area contributed by atoms with Gasteiger partial charge >= 0.3 is 5.69 Å². The number of aromatic nitrogens is 2. The fraction of sp³-hybridized carbons (Fsp3) is 0.0556. The van der Waals surface area contributed by atoms with Gasteiger partial charge in [0.05, 0.1) is 20.7 Å². The van der Waals surface area contributed by atoms with Crippen LogP contribution in [0.15, 0.2) is 42.7 Å². The second kappa shape index (κ2) is 10.5. The van der Waals surface area contributed by atoms with Gasteiger partial charge in [0.2, 0.25) is 11.6 Å². The Morgan fingerprint density at radius 2 is 1.66 bits per heavy atom. The van der Waals surface area contributed by atoms with E-state index in [9.17, 15) is 14.9 Å². The Morgan fingerprint density at radius 3 is 2.31 bits per heavy atom. The van der Waals surface area contributed by atoms with Crippen LogP contribution in [0.1, 0.15) is 0 Å². The average Bonchev–Trinajstić information content (AvgIpc) is 2.73. The van der Waals surface area contributed by atoms with E-state index in [0.717, 1.165) is 6.33 Å². The van der Waals surface area contributed by atoms with Gasteiger partial charge in [-0.25, -0.2) is 9.97 Å². The predicted octanol–water partition coefficient (Wildman–Crippen LogP) is 5.26. The zero-order valence-corrected chi connectivity index (χ0v) is 18.8. The van der Waals surface area contributed by atoms with Crippen LogP contribution in [0.3, 0.4) is 0 Å². The van der Waals surface area contributed by atoms with Crippen molar-refractivity contribution >= 4 is 75.3 Å². The van der Waals surface area contributed by atoms with E-state index in [1.54, 1.807) is 12.1 Å². The number of carbonyl (C=O) groups excluding carboxylic acids is 1. The maximum Gasteiger partial charge on any atom is 0.355 e. The van der Waals surface area contributed by atoms with E-state index in [1.807, 2.05) is 0 Å². The van der Waals surface area contributed by atoms with Crippen LogP contribution in [0.4, 0.5) is 23.0 Å². The third-order valence-corrected chi connectivity index (χ3v) is 4.84. The Bertz CT molecular complexity index is 1180. The molecule has 0 spiro atoms. The van der Waals surface area contributed by atoms with Crippen molar-refractivity contribution in [3.05, 3.63) is 72.9 Å². The van der Waals surface area contributed by atoms with Gasteiger partial charge < -0.3 is 10.1 Å². The lowest BCUT2D eigenvalue weighted by Crippen LogP contribution is -2.34. The van der Waals surface area contributed by atoms with Crippen LogP contribution in [-0.4, -0.2) is 27.4 Å². The van der Waals surface area contributed by atoms with E-state index in [0.29, 0.717) is 15.7 Å². The molecule has 32 heavy (non-hydrogen) atoms. The number of anilines is 3. The number of nitro groups is 1. The molecule has 0 fully saturated rings. The van der Waals surface area contributed by atoms with Crippen LogP contribution >= 0.6 is 46.4 Å². The maximum absolute atomic E-state index is 12.1. The van der Waals surface area contributed by atoms with Crippen molar-refractivity contribution in [3.8, 4) is 5.75 Å². The standard InChI is InChI=1S/C18H12Cl4N6O4/c19-9-1-3-13(11(21)5-9)25-17-16(28(30)31)18(24-8-23-17)27-26-15(29)7-32-14-4-2-10(20)6-12(14)22/h1-6,8H,7H2,(H,26,29)(H2,23,24,25,27). The molecule has 0 aliphatic heterocycles. The molecule has 2 aromatic carbocycles. The van der Waals surface area contributed by atoms with Gasteiger partial charge in [-0.1, -0.05) is 46.4 Å². The SMILES string of the molecule is O=C(COc1ccc(Cl)cc1Cl)NNc1ncnc(Nc2ccc(Cl)cc2Cl)c1[N+](=O)[O-]. The second-order valence-corrected chi connectivity index (χ2v) is 7.65. The number of nitrogens with one attached hydrogen (secondary N) is 3. The average molecular weight is 518 g/mol. The second-order valence-electron chi connectivity index (χ2n) is 5.96. The number of rotatable bonds is 8. The van der Waals surface area contributed by atoms with Gasteiger partial charge in [-0.15, -0.1) is 0 Å². The van der Waals surface area contributed by atoms with Crippen LogP contribution in [0.25, 0.3) is 0 Å². The molecule has 0 unspecified atom stereocenters. The Morgan fingerprint density at radius 1 is 1.00 bits per heavy atom. The van der Waals surface area contributed by atoms with E-state index < -0.39 is 23.1 Å². The van der Waals surface area contributed by atoms with E-state index in [4.69, 9.17) is 51.1 Å². The molecule has 1 heterocycles. The number of ether oxygens (including phenoxy) is 1. The number of benzene rings is 2. The Labute approximate surface area is 200 Å². The predicted molar refractivity (Wildman–Crippen MR) is 122 cm³/mol. The Kier molecular flexibility index (Phi) is 7.75. The van der Waals surface area contributed by atoms with Gasteiger partial charge in [0, 0.05) is 10.0 Å². The number of hydrogen-bond donors (Lipinski definition) is 3. The third-order valence-electron chi connectivity index (χ3n) is 3.76. The van der Waals surface area contributed by atoms with E-state index in [2.05, 4.69) is 26.1 Å². The zero-order chi connectivity index (χ0) is 23.3. The van der Waals surface area contributed by atoms with Crippen molar-refractivity contribution in [2.24, 2.45) is 0 Å². The van der Waals surface area contributed by atoms with Gasteiger partial charge in [-0.05, 0) is 36.4 Å². The van der Waals surface area contributed by atoms with Gasteiger partial charge in [0.25, 0.3) is 5.91 Å². The summed E-state index contributed by atoms with van der Waals surface area (Å²) < 4.78 is 5.30. The number of nitrogens with zero attached hydrogens (tertiary/aromatic N) is 3. The van der Waals surface area contributed by atoms with Crippen LogP contribution in [0, 0.1) is 10.1 Å². The lowest BCUT2D eigenvalue weighted by Gasteiger charge is -2.12. The molecule has 0 saturated carbocycles. The summed E-state index contributed by atoms with van der Waals surface area (Å²) in [5.74, 6) is -0.838. The highest BCUT2D eigenvalue weighted by Gasteiger charge is 2.24. The van der Waals surface area contributed by atoms with E-state index >= 15 is 0 Å². The summed E-state index contributed by atoms with van der Waals surface area (Å²) in [6.45, 7) is -0.432. The molecule has 0 saturated heterocycles. The normalized spacial score (nSPS) is 10.4. The Hall–Kier alpha value is -3.05. The summed E-state index contributed by atoms with van der Waals surface area (Å²) in [4.78, 5) is 30.7. The van der Waals surface area contributed by atoms with Gasteiger partial charge in [0.1, 0.15) is 12.1 Å². The largest absolute Gasteiger partial charge is 0.482 e. The molecule has 14 heteroatoms. The minimum atomic E-state index is -0.718. The molecular formula is C18H12Cl4N6O4. The van der Waals surface area contributed by atoms with Crippen molar-refractivity contribution in [3.63, 3.8) is 0 Å². The highest BCUT2D eigenvalue weighted by molar-refractivity contribution is 6.36. The maximum atomic E-state index is 12.1. The van der Waals surface area contributed by atoms with Crippen molar-refractivity contribution in [2.75, 3.05) is 17.3 Å². The van der Waals surface area contributed by atoms with Crippen molar-refractivity contribution < 1.29 is 14.5 Å². The van der Waals surface area contributed by atoms with E-state index in [-0.39, 0.29) is 27.4 Å². The number of hydrazine groups is 1. The van der Waals surface area contributed by atoms with Crippen molar-refractivity contribution in [2.45, 2.75) is 0 Å². The molecule has 166 valence electrons. The first kappa shape index (κ1) is 23.6. The molecule has 3 aromatic rings. The summed E-state index contributed by atoms with van der Waals surface area (Å²) in [6.07, 6.45) is 1.07. The molecule has 10 nitrogen and oxygen atoms in total. The van der Waals surface area contributed by atoms with Gasteiger partial charge in [0.15, 0.2) is 6.61 Å². The fourth-order valence-corrected chi connectivity index (χ4v) is 3.27. The summed E-state index contributed by atoms with van der Waals surface area (Å²) >= 11 is 23.7. The lowest BCUT2D eigenvalue weighted by molar-refractivity contribution is -0.383. The van der Waals surface area contributed by atoms with Crippen LogP contribution in [-0.2, 0) is 4.79 Å². The first-order chi connectivity index (χ1) is 15.2. The van der Waals surface area contributed by atoms with Crippen LogP contribution in [0.2, 0.25) is 20.1 Å². The van der Waals surface area contributed by atoms with Gasteiger partial charge in [-0.2, -0.15) is 0 Å². The molecule has 3 N–H and O–H groups in total. The third kappa shape index (κ3) is 6.01. The molecule has 0 aliphatic rings. The lowest BCUT2D eigenvalue weighted by atomic mass is 10.3. The highest BCUT2D eigenvalue weighted by Crippen LogP contribution is 2.34. The van der Waals surface area contributed by atoms with Gasteiger partial charge in [-0.3, -0.25) is 25.8 Å². The minimum absolute atomic E-state index is 0.157. The molecule has 0 radical (unpaired) electrons. The topological polar surface area (TPSA) is 131 Å². The molecule has 1 amide bonds. The summed E-state index contributed by atoms with van der Waals surface area (Å²) in [7, 11) is 0. The smallest absolute Gasteiger partial charge is 0.355 e. The molecule has 0 atom stereocenters. The first-order valence-electron chi connectivity index (χ1n) is 8.58. The quantitative estimate of drug-likeness (QED) is 0.272. The number of carbonyl (C=O) groups is 1. The van der Waals surface area contributed by atoms with Crippen LogP contribution in [0.5, 0.6) is 5.75 Å². The molecule has 1 aromatic heterocycles. The number of hydrogen-bond acceptors (Lipinski definition) is 8. The molecular weight excluding hydrogens is 506 g/mol. The molecule has 3 rings (SSSR count). The minimum Gasteiger partial charge on any atom is -0.482 e. The monoisotopic (exact) mass is 516 g/mol. The highest BCUT2D eigenvalue weighted by atomic mass is 35.5. The Balaban J connectivity index is 1.70. The first-order valence-corrected chi connectivity index (χ1v) is 10.1. The van der Waals surface area contributed by atoms with Crippen molar-refractivity contribution in [1.82, 2.24) is 15.4 Å². The fourth-order valence-electron chi connectivity index (χ4n) is 2.35. The number of halogens is 4. The number of amides is 1. The molecule has 0 aliphatic carbocycles.